The number of ether oxygens (including phenoxy) is 1. The Hall–Kier alpha value is -1.12. The average molecular weight is 990 g/mol. The zero-order valence-electron chi connectivity index (χ0n) is 48.0. The number of esters is 1. The van der Waals surface area contributed by atoms with Crippen molar-refractivity contribution in [2.45, 2.75) is 253 Å². The average Bonchev–Trinajstić information content (AvgIpc) is 3.14. The maximum atomic E-state index is 13.9. The summed E-state index contributed by atoms with van der Waals surface area (Å²) < 4.78 is 36.1. The van der Waals surface area contributed by atoms with Gasteiger partial charge in [-0.25, -0.2) is 4.79 Å². The molecule has 0 radical (unpaired) electrons. The minimum atomic E-state index is -2.21. The van der Waals surface area contributed by atoms with Crippen molar-refractivity contribution in [3.63, 3.8) is 0 Å². The number of rotatable bonds is 11. The molecular weight excluding hydrogens is 881 g/mol. The van der Waals surface area contributed by atoms with Crippen molar-refractivity contribution in [2.24, 2.45) is 35.5 Å². The quantitative estimate of drug-likeness (QED) is 0.0890. The number of carbonyl (C=O) groups is 1. The minimum Gasteiger partial charge on any atom is -0.458 e. The smallest absolute Gasteiger partial charge is 0.331 e. The van der Waals surface area contributed by atoms with Crippen LogP contribution in [0.3, 0.4) is 0 Å². The molecule has 0 fully saturated rings. The van der Waals surface area contributed by atoms with Gasteiger partial charge in [0.15, 0.2) is 33.3 Å². The van der Waals surface area contributed by atoms with Crippen LogP contribution >= 0.6 is 0 Å². The first-order chi connectivity index (χ1) is 29.6. The van der Waals surface area contributed by atoms with E-state index in [9.17, 15) is 4.79 Å². The molecule has 1 aliphatic rings. The van der Waals surface area contributed by atoms with E-state index in [1.165, 1.54) is 0 Å². The predicted octanol–water partition coefficient (Wildman–Crippen LogP) is 17.3. The van der Waals surface area contributed by atoms with Gasteiger partial charge in [-0.2, -0.15) is 0 Å². The molecule has 0 N–H and O–H groups in total. The van der Waals surface area contributed by atoms with Crippen molar-refractivity contribution in [3.8, 4) is 0 Å². The van der Waals surface area contributed by atoms with Gasteiger partial charge in [0.2, 0.25) is 0 Å². The molecule has 66 heavy (non-hydrogen) atoms. The summed E-state index contributed by atoms with van der Waals surface area (Å²) in [4.78, 5) is 13.9. The fourth-order valence-corrected chi connectivity index (χ4v) is 13.4. The molecule has 0 amide bonds. The third-order valence-electron chi connectivity index (χ3n) is 16.7. The lowest BCUT2D eigenvalue weighted by atomic mass is 9.82. The SMILES string of the molecule is C=C/C=C\[C@H](C)[C@@H]1OC(=O)/C=C/C=C/[C@@H](C)[C@@H](O[Si](C)(C)C(C)(C)C)C[C@H](O[Si](C)(C)C(C)(C)C)/C=C\[C@H](C)[C@H](O[Si](C)(C)C(C)(C)C)[C@@H](C)C[C@@H](C)CC[C@@H](O[Si](C)(C)C(C)(C)C)[C@@H]1C. The van der Waals surface area contributed by atoms with Crippen molar-refractivity contribution in [2.75, 3.05) is 0 Å². The second kappa shape index (κ2) is 24.8. The largest absolute Gasteiger partial charge is 0.458 e. The standard InChI is InChI=1S/C56H108O6Si4/c1-28-29-32-43(4)52-46(7)48(60-64(22,23)54(11,12)13)38-35-41(2)39-45(6)51(62-66(26,27)56(17,18)19)44(5)36-37-47(59-63(20,21)53(8,9)10)40-49(61-65(24,25)55(14,15)16)42(3)33-30-31-34-50(57)58-52/h28-34,36-37,41-49,51-52H,1,35,38-40H2,2-27H3/b32-29-,33-30+,34-31+,37-36-/t41-,42+,43-,44-,45-,46-,47+,48+,49-,51-,52-/m0/s1. The molecule has 1 aliphatic heterocycles. The molecule has 0 aromatic carbocycles. The molecule has 0 spiro atoms. The van der Waals surface area contributed by atoms with Gasteiger partial charge in [-0.3, -0.25) is 0 Å². The first-order valence-corrected chi connectivity index (χ1v) is 37.5. The summed E-state index contributed by atoms with van der Waals surface area (Å²) in [5, 5.41) is 0.176. The van der Waals surface area contributed by atoms with Crippen LogP contribution in [0.15, 0.2) is 61.3 Å². The van der Waals surface area contributed by atoms with E-state index in [2.05, 4.69) is 208 Å². The van der Waals surface area contributed by atoms with Gasteiger partial charge in [-0.05, 0) is 115 Å². The Morgan fingerprint density at radius 1 is 0.621 bits per heavy atom. The van der Waals surface area contributed by atoms with Gasteiger partial charge in [0.25, 0.3) is 0 Å². The summed E-state index contributed by atoms with van der Waals surface area (Å²) in [7, 11) is -8.76. The summed E-state index contributed by atoms with van der Waals surface area (Å²) in [6, 6.07) is 0. The van der Waals surface area contributed by atoms with Crippen LogP contribution in [0.2, 0.25) is 72.5 Å². The van der Waals surface area contributed by atoms with Gasteiger partial charge in [0, 0.05) is 24.3 Å². The number of cyclic esters (lactones) is 1. The van der Waals surface area contributed by atoms with E-state index in [0.717, 1.165) is 25.7 Å². The molecule has 384 valence electrons. The van der Waals surface area contributed by atoms with Crippen LogP contribution < -0.4 is 0 Å². The Kier molecular flexibility index (Phi) is 23.6. The van der Waals surface area contributed by atoms with E-state index in [1.54, 1.807) is 12.2 Å². The van der Waals surface area contributed by atoms with Crippen LogP contribution in [-0.2, 0) is 27.2 Å². The fraction of sp³-hybridized carbons (Fsp3) is 0.804. The number of hydrogen-bond acceptors (Lipinski definition) is 6. The van der Waals surface area contributed by atoms with Crippen LogP contribution in [0.25, 0.3) is 0 Å². The Morgan fingerprint density at radius 2 is 1.09 bits per heavy atom. The summed E-state index contributed by atoms with van der Waals surface area (Å²) >= 11 is 0. The predicted molar refractivity (Wildman–Crippen MR) is 298 cm³/mol. The van der Waals surface area contributed by atoms with E-state index in [-0.39, 0.29) is 74.2 Å². The molecule has 11 atom stereocenters. The van der Waals surface area contributed by atoms with Gasteiger partial charge in [0.1, 0.15) is 6.10 Å². The summed E-state index contributed by atoms with van der Waals surface area (Å²) in [5.74, 6) is 0.522. The van der Waals surface area contributed by atoms with E-state index in [1.807, 2.05) is 18.2 Å². The molecule has 0 saturated heterocycles. The highest BCUT2D eigenvalue weighted by Gasteiger charge is 2.45. The zero-order valence-corrected chi connectivity index (χ0v) is 52.0. The third kappa shape index (κ3) is 19.2. The number of hydrogen-bond donors (Lipinski definition) is 0. The lowest BCUT2D eigenvalue weighted by Crippen LogP contribution is -2.48. The van der Waals surface area contributed by atoms with Crippen molar-refractivity contribution >= 4 is 39.2 Å². The maximum Gasteiger partial charge on any atom is 0.331 e. The Morgan fingerprint density at radius 3 is 1.58 bits per heavy atom. The number of carbonyl (C=O) groups excluding carboxylic acids is 1. The summed E-state index contributed by atoms with van der Waals surface area (Å²) in [6.45, 7) is 64.5. The Balaban J connectivity index is 4.21. The van der Waals surface area contributed by atoms with E-state index in [0.29, 0.717) is 11.8 Å². The topological polar surface area (TPSA) is 63.2 Å². The van der Waals surface area contributed by atoms with Gasteiger partial charge < -0.3 is 22.4 Å². The molecule has 0 aliphatic carbocycles. The third-order valence-corrected chi connectivity index (χ3v) is 34.6. The molecule has 0 unspecified atom stereocenters. The Labute approximate surface area is 414 Å². The Bertz CT molecular complexity index is 1620. The second-order valence-electron chi connectivity index (χ2n) is 26.8. The lowest BCUT2D eigenvalue weighted by molar-refractivity contribution is -0.150. The van der Waals surface area contributed by atoms with Crippen molar-refractivity contribution in [1.29, 1.82) is 0 Å². The molecular formula is C56H108O6Si4. The lowest BCUT2D eigenvalue weighted by Gasteiger charge is -2.44. The second-order valence-corrected chi connectivity index (χ2v) is 45.8. The minimum absolute atomic E-state index is 0.0296. The monoisotopic (exact) mass is 989 g/mol. The molecule has 1 heterocycles. The molecule has 0 saturated carbocycles. The van der Waals surface area contributed by atoms with Crippen LogP contribution in [0.4, 0.5) is 0 Å². The van der Waals surface area contributed by atoms with Gasteiger partial charge in [-0.15, -0.1) is 0 Å². The van der Waals surface area contributed by atoms with Crippen LogP contribution in [0, 0.1) is 35.5 Å². The molecule has 0 aromatic rings. The van der Waals surface area contributed by atoms with E-state index < -0.39 is 39.4 Å². The zero-order chi connectivity index (χ0) is 51.7. The highest BCUT2D eigenvalue weighted by atomic mass is 28.4. The summed E-state index contributed by atoms with van der Waals surface area (Å²) in [6.07, 6.45) is 21.2. The number of allylic oxidation sites excluding steroid dienone is 4. The highest BCUT2D eigenvalue weighted by molar-refractivity contribution is 6.75. The van der Waals surface area contributed by atoms with Gasteiger partial charge >= 0.3 is 5.97 Å². The van der Waals surface area contributed by atoms with E-state index in [4.69, 9.17) is 22.4 Å². The van der Waals surface area contributed by atoms with Crippen LogP contribution in [0.1, 0.15) is 150 Å². The maximum absolute atomic E-state index is 13.9. The first-order valence-electron chi connectivity index (χ1n) is 25.8. The van der Waals surface area contributed by atoms with Gasteiger partial charge in [-0.1, -0.05) is 180 Å². The molecule has 1 rings (SSSR count). The molecule has 0 aromatic heterocycles. The van der Waals surface area contributed by atoms with Crippen LogP contribution in [-0.4, -0.2) is 69.8 Å². The molecule has 0 bridgehead atoms. The highest BCUT2D eigenvalue weighted by Crippen LogP contribution is 2.44. The first kappa shape index (κ1) is 62.9. The van der Waals surface area contributed by atoms with E-state index >= 15 is 0 Å². The van der Waals surface area contributed by atoms with Crippen molar-refractivity contribution in [3.05, 3.63) is 61.3 Å². The summed E-state index contributed by atoms with van der Waals surface area (Å²) in [5.41, 5.74) is 0. The fourth-order valence-electron chi connectivity index (χ4n) is 7.80. The molecule has 6 nitrogen and oxygen atoms in total. The molecule has 10 heteroatoms. The van der Waals surface area contributed by atoms with Crippen molar-refractivity contribution in [1.82, 2.24) is 0 Å². The van der Waals surface area contributed by atoms with Gasteiger partial charge in [0.05, 0.1) is 24.4 Å². The van der Waals surface area contributed by atoms with Crippen molar-refractivity contribution < 1.29 is 27.2 Å². The normalized spacial score (nSPS) is 30.7. The van der Waals surface area contributed by atoms with Crippen LogP contribution in [0.5, 0.6) is 0 Å².